The number of benzene rings is 1. The summed E-state index contributed by atoms with van der Waals surface area (Å²) in [4.78, 5) is 20.2. The van der Waals surface area contributed by atoms with Crippen LogP contribution in [0.3, 0.4) is 0 Å². The Kier molecular flexibility index (Phi) is 4.56. The number of fused-ring (bicyclic) bond motifs is 1. The summed E-state index contributed by atoms with van der Waals surface area (Å²) >= 11 is 0. The van der Waals surface area contributed by atoms with Gasteiger partial charge in [0.1, 0.15) is 0 Å². The third-order valence-corrected chi connectivity index (χ3v) is 5.97. The standard InChI is InChI=1S/C22H25N5O2/c1-14-9-18-19(10-15(14)2)22(28)27(25-21(18)26-7-5-23-6-8-26)17-3-4-24-20(11-17)16-12-29-13-16/h3-4,9-11,16,23H,5-8,12-13H2,1-2H3. The molecular weight excluding hydrogens is 366 g/mol. The smallest absolute Gasteiger partial charge is 0.279 e. The molecule has 2 saturated heterocycles. The lowest BCUT2D eigenvalue weighted by atomic mass is 10.0. The number of aromatic nitrogens is 3. The van der Waals surface area contributed by atoms with Crippen LogP contribution in [0.2, 0.25) is 0 Å². The van der Waals surface area contributed by atoms with Crippen molar-refractivity contribution in [3.63, 3.8) is 0 Å². The Hall–Kier alpha value is -2.77. The molecule has 2 fully saturated rings. The van der Waals surface area contributed by atoms with Crippen LogP contribution in [0.4, 0.5) is 5.82 Å². The van der Waals surface area contributed by atoms with E-state index in [9.17, 15) is 4.79 Å². The van der Waals surface area contributed by atoms with Crippen LogP contribution in [0, 0.1) is 13.8 Å². The number of ether oxygens (including phenoxy) is 1. The van der Waals surface area contributed by atoms with E-state index < -0.39 is 0 Å². The van der Waals surface area contributed by atoms with Crippen LogP contribution >= 0.6 is 0 Å². The lowest BCUT2D eigenvalue weighted by Gasteiger charge is -2.30. The number of hydrogen-bond donors (Lipinski definition) is 1. The maximum absolute atomic E-state index is 13.4. The van der Waals surface area contributed by atoms with Crippen molar-refractivity contribution in [2.24, 2.45) is 0 Å². The zero-order valence-electron chi connectivity index (χ0n) is 16.8. The Bertz CT molecular complexity index is 1130. The molecule has 5 rings (SSSR count). The number of pyridine rings is 1. The molecule has 0 radical (unpaired) electrons. The molecule has 1 N–H and O–H groups in total. The molecule has 7 nitrogen and oxygen atoms in total. The quantitative estimate of drug-likeness (QED) is 0.736. The molecule has 0 saturated carbocycles. The van der Waals surface area contributed by atoms with Gasteiger partial charge in [-0.2, -0.15) is 4.68 Å². The summed E-state index contributed by atoms with van der Waals surface area (Å²) in [7, 11) is 0. The molecule has 3 aromatic rings. The second kappa shape index (κ2) is 7.24. The molecule has 0 atom stereocenters. The molecule has 2 aromatic heterocycles. The molecule has 0 bridgehead atoms. The molecule has 0 aliphatic carbocycles. The lowest BCUT2D eigenvalue weighted by Crippen LogP contribution is -2.44. The fourth-order valence-corrected chi connectivity index (χ4v) is 3.97. The Morgan fingerprint density at radius 2 is 1.79 bits per heavy atom. The molecule has 0 spiro atoms. The molecular formula is C22H25N5O2. The lowest BCUT2D eigenvalue weighted by molar-refractivity contribution is 0.00671. The SMILES string of the molecule is Cc1cc2c(N3CCNCC3)nn(-c3ccnc(C4COC4)c3)c(=O)c2cc1C. The molecule has 1 aromatic carbocycles. The molecule has 2 aliphatic heterocycles. The molecule has 0 unspecified atom stereocenters. The number of nitrogens with one attached hydrogen (secondary N) is 1. The van der Waals surface area contributed by atoms with Gasteiger partial charge in [0.05, 0.1) is 30.0 Å². The average molecular weight is 391 g/mol. The molecule has 29 heavy (non-hydrogen) atoms. The summed E-state index contributed by atoms with van der Waals surface area (Å²) in [6.07, 6.45) is 1.76. The van der Waals surface area contributed by atoms with Gasteiger partial charge in [0.25, 0.3) is 5.56 Å². The first-order chi connectivity index (χ1) is 14.1. The van der Waals surface area contributed by atoms with Gasteiger partial charge in [0, 0.05) is 43.7 Å². The van der Waals surface area contributed by atoms with Crippen molar-refractivity contribution in [3.8, 4) is 5.69 Å². The fourth-order valence-electron chi connectivity index (χ4n) is 3.97. The number of aryl methyl sites for hydroxylation is 2. The van der Waals surface area contributed by atoms with E-state index in [0.29, 0.717) is 24.5 Å². The maximum Gasteiger partial charge on any atom is 0.279 e. The van der Waals surface area contributed by atoms with Gasteiger partial charge in [-0.05, 0) is 49.2 Å². The summed E-state index contributed by atoms with van der Waals surface area (Å²) in [6, 6.07) is 7.92. The van der Waals surface area contributed by atoms with Crippen LogP contribution in [0.25, 0.3) is 16.5 Å². The van der Waals surface area contributed by atoms with Crippen molar-refractivity contribution in [2.45, 2.75) is 19.8 Å². The van der Waals surface area contributed by atoms with E-state index >= 15 is 0 Å². The highest BCUT2D eigenvalue weighted by Crippen LogP contribution is 2.27. The van der Waals surface area contributed by atoms with Crippen molar-refractivity contribution in [1.82, 2.24) is 20.1 Å². The third-order valence-electron chi connectivity index (χ3n) is 5.97. The Morgan fingerprint density at radius 3 is 2.48 bits per heavy atom. The summed E-state index contributed by atoms with van der Waals surface area (Å²) in [5, 5.41) is 9.88. The van der Waals surface area contributed by atoms with E-state index in [0.717, 1.165) is 54.3 Å². The maximum atomic E-state index is 13.4. The van der Waals surface area contributed by atoms with Gasteiger partial charge in [-0.3, -0.25) is 9.78 Å². The van der Waals surface area contributed by atoms with Crippen LogP contribution in [-0.4, -0.2) is 54.2 Å². The van der Waals surface area contributed by atoms with Gasteiger partial charge >= 0.3 is 0 Å². The van der Waals surface area contributed by atoms with E-state index in [1.54, 1.807) is 10.9 Å². The highest BCUT2D eigenvalue weighted by Gasteiger charge is 2.23. The van der Waals surface area contributed by atoms with Gasteiger partial charge in [-0.15, -0.1) is 5.10 Å². The fraction of sp³-hybridized carbons (Fsp3) is 0.409. The summed E-state index contributed by atoms with van der Waals surface area (Å²) in [5.74, 6) is 1.16. The van der Waals surface area contributed by atoms with Gasteiger partial charge in [0.2, 0.25) is 0 Å². The molecule has 0 amide bonds. The van der Waals surface area contributed by atoms with Gasteiger partial charge in [-0.25, -0.2) is 0 Å². The van der Waals surface area contributed by atoms with Gasteiger partial charge < -0.3 is 15.0 Å². The number of piperazine rings is 1. The largest absolute Gasteiger partial charge is 0.380 e. The average Bonchev–Trinajstić information content (AvgIpc) is 2.69. The van der Waals surface area contributed by atoms with Crippen molar-refractivity contribution < 1.29 is 4.74 Å². The first-order valence-electron chi connectivity index (χ1n) is 10.2. The number of rotatable bonds is 3. The molecule has 4 heterocycles. The van der Waals surface area contributed by atoms with Crippen LogP contribution in [-0.2, 0) is 4.74 Å². The van der Waals surface area contributed by atoms with Crippen molar-refractivity contribution in [2.75, 3.05) is 44.3 Å². The number of hydrogen-bond acceptors (Lipinski definition) is 6. The van der Waals surface area contributed by atoms with E-state index in [2.05, 4.69) is 28.2 Å². The number of nitrogens with zero attached hydrogens (tertiary/aromatic N) is 4. The minimum absolute atomic E-state index is 0.0935. The van der Waals surface area contributed by atoms with Crippen LogP contribution in [0.15, 0.2) is 35.3 Å². The minimum atomic E-state index is -0.0935. The van der Waals surface area contributed by atoms with E-state index in [4.69, 9.17) is 9.84 Å². The zero-order valence-corrected chi connectivity index (χ0v) is 16.8. The topological polar surface area (TPSA) is 72.3 Å². The monoisotopic (exact) mass is 391 g/mol. The van der Waals surface area contributed by atoms with Crippen LogP contribution < -0.4 is 15.8 Å². The summed E-state index contributed by atoms with van der Waals surface area (Å²) < 4.78 is 6.84. The van der Waals surface area contributed by atoms with Crippen molar-refractivity contribution in [1.29, 1.82) is 0 Å². The van der Waals surface area contributed by atoms with Gasteiger partial charge in [-0.1, -0.05) is 0 Å². The molecule has 7 heteroatoms. The second-order valence-electron chi connectivity index (χ2n) is 7.93. The minimum Gasteiger partial charge on any atom is -0.380 e. The zero-order chi connectivity index (χ0) is 20.0. The molecule has 150 valence electrons. The molecule has 2 aliphatic rings. The van der Waals surface area contributed by atoms with E-state index in [1.807, 2.05) is 25.1 Å². The highest BCUT2D eigenvalue weighted by atomic mass is 16.5. The summed E-state index contributed by atoms with van der Waals surface area (Å²) in [5.41, 5.74) is 3.89. The highest BCUT2D eigenvalue weighted by molar-refractivity contribution is 5.93. The third kappa shape index (κ3) is 3.20. The van der Waals surface area contributed by atoms with Crippen LogP contribution in [0.1, 0.15) is 22.7 Å². The Labute approximate surface area is 169 Å². The van der Waals surface area contributed by atoms with Crippen LogP contribution in [0.5, 0.6) is 0 Å². The second-order valence-corrected chi connectivity index (χ2v) is 7.93. The first kappa shape index (κ1) is 18.3. The van der Waals surface area contributed by atoms with Crippen molar-refractivity contribution >= 4 is 16.6 Å². The predicted molar refractivity (Wildman–Crippen MR) is 113 cm³/mol. The first-order valence-corrected chi connectivity index (χ1v) is 10.2. The van der Waals surface area contributed by atoms with E-state index in [1.165, 1.54) is 5.56 Å². The normalized spacial score (nSPS) is 17.5. The number of anilines is 1. The Balaban J connectivity index is 1.72. The Morgan fingerprint density at radius 1 is 1.07 bits per heavy atom. The van der Waals surface area contributed by atoms with Gasteiger partial charge in [0.15, 0.2) is 5.82 Å². The summed E-state index contributed by atoms with van der Waals surface area (Å²) in [6.45, 7) is 9.05. The van der Waals surface area contributed by atoms with Crippen molar-refractivity contribution in [3.05, 3.63) is 57.6 Å². The van der Waals surface area contributed by atoms with E-state index in [-0.39, 0.29) is 5.56 Å². The predicted octanol–water partition coefficient (Wildman–Crippen LogP) is 1.92.